The second kappa shape index (κ2) is 10.6. The molecule has 0 saturated carbocycles. The second-order valence-corrected chi connectivity index (χ2v) is 7.51. The molecule has 2 aliphatic rings. The maximum atomic E-state index is 12.9. The topological polar surface area (TPSA) is 68.0 Å². The Morgan fingerprint density at radius 2 is 2.04 bits per heavy atom. The van der Waals surface area contributed by atoms with Crippen LogP contribution in [-0.2, 0) is 16.0 Å². The van der Waals surface area contributed by atoms with Crippen LogP contribution in [0.25, 0.3) is 0 Å². The largest absolute Gasteiger partial charge is 0.492 e. The third-order valence-electron chi connectivity index (χ3n) is 5.25. The normalized spacial score (nSPS) is 21.7. The lowest BCUT2D eigenvalue weighted by molar-refractivity contribution is -0.131. The minimum atomic E-state index is 0.119. The number of carbonyl (C=O) groups is 1. The van der Waals surface area contributed by atoms with E-state index in [4.69, 9.17) is 15.2 Å². The van der Waals surface area contributed by atoms with Crippen molar-refractivity contribution in [3.05, 3.63) is 29.8 Å². The third-order valence-corrected chi connectivity index (χ3v) is 5.25. The number of nitrogens with two attached hydrogens (primary N) is 1. The summed E-state index contributed by atoms with van der Waals surface area (Å²) in [5.74, 6) is 0.938. The van der Waals surface area contributed by atoms with Crippen molar-refractivity contribution in [2.75, 3.05) is 52.5 Å². The molecule has 6 nitrogen and oxygen atoms in total. The predicted octanol–water partition coefficient (Wildman–Crippen LogP) is 1.67. The highest BCUT2D eigenvalue weighted by molar-refractivity contribution is 5.79. The lowest BCUT2D eigenvalue weighted by atomic mass is 10.1. The molecule has 27 heavy (non-hydrogen) atoms. The molecule has 1 amide bonds. The first-order valence-corrected chi connectivity index (χ1v) is 10.3. The van der Waals surface area contributed by atoms with E-state index in [9.17, 15) is 4.79 Å². The Bertz CT molecular complexity index is 590. The summed E-state index contributed by atoms with van der Waals surface area (Å²) in [7, 11) is 0. The number of hydrogen-bond donors (Lipinski definition) is 1. The van der Waals surface area contributed by atoms with E-state index < -0.39 is 0 Å². The van der Waals surface area contributed by atoms with Gasteiger partial charge in [0.1, 0.15) is 12.4 Å². The van der Waals surface area contributed by atoms with Crippen molar-refractivity contribution in [2.24, 2.45) is 5.73 Å². The minimum Gasteiger partial charge on any atom is -0.492 e. The highest BCUT2D eigenvalue weighted by Crippen LogP contribution is 2.16. The number of benzene rings is 1. The van der Waals surface area contributed by atoms with E-state index in [1.807, 2.05) is 29.2 Å². The van der Waals surface area contributed by atoms with Gasteiger partial charge in [0.05, 0.1) is 12.5 Å². The van der Waals surface area contributed by atoms with Gasteiger partial charge in [-0.15, -0.1) is 0 Å². The molecule has 1 aromatic rings. The number of likely N-dealkylation sites (tertiary alicyclic amines) is 1. The molecule has 1 aromatic carbocycles. The molecule has 2 aliphatic heterocycles. The zero-order chi connectivity index (χ0) is 18.9. The summed E-state index contributed by atoms with van der Waals surface area (Å²) in [6.45, 7) is 6.43. The van der Waals surface area contributed by atoms with Crippen molar-refractivity contribution >= 4 is 5.91 Å². The fourth-order valence-corrected chi connectivity index (χ4v) is 3.87. The molecule has 0 spiro atoms. The number of ether oxygens (including phenoxy) is 2. The van der Waals surface area contributed by atoms with E-state index in [-0.39, 0.29) is 12.0 Å². The highest BCUT2D eigenvalue weighted by Gasteiger charge is 2.25. The molecule has 2 fully saturated rings. The van der Waals surface area contributed by atoms with E-state index in [1.165, 1.54) is 19.3 Å². The standard InChI is InChI=1S/C21H33N3O3/c22-8-13-27-19-7-4-6-18(14-19)15-21(25)24-11-5-12-26-20(17-24)16-23-9-2-1-3-10-23/h4,6-7,14,20H,1-3,5,8-13,15-17,22H2/t20-/m1/s1. The second-order valence-electron chi connectivity index (χ2n) is 7.51. The molecule has 6 heteroatoms. The van der Waals surface area contributed by atoms with Crippen molar-refractivity contribution < 1.29 is 14.3 Å². The molecular weight excluding hydrogens is 342 g/mol. The van der Waals surface area contributed by atoms with Crippen LogP contribution in [0.3, 0.4) is 0 Å². The number of piperidine rings is 1. The van der Waals surface area contributed by atoms with Gasteiger partial charge in [0.25, 0.3) is 0 Å². The van der Waals surface area contributed by atoms with Gasteiger partial charge < -0.3 is 25.0 Å². The first kappa shape index (κ1) is 20.1. The quantitative estimate of drug-likeness (QED) is 0.785. The van der Waals surface area contributed by atoms with Gasteiger partial charge in [0.2, 0.25) is 5.91 Å². The molecular formula is C21H33N3O3. The van der Waals surface area contributed by atoms with Gasteiger partial charge in [0, 0.05) is 32.8 Å². The Hall–Kier alpha value is -1.63. The van der Waals surface area contributed by atoms with E-state index in [2.05, 4.69) is 4.90 Å². The number of hydrogen-bond acceptors (Lipinski definition) is 5. The summed E-state index contributed by atoms with van der Waals surface area (Å²) < 4.78 is 11.6. The summed E-state index contributed by atoms with van der Waals surface area (Å²) >= 11 is 0. The van der Waals surface area contributed by atoms with Crippen LogP contribution >= 0.6 is 0 Å². The fraction of sp³-hybridized carbons (Fsp3) is 0.667. The minimum absolute atomic E-state index is 0.119. The molecule has 150 valence electrons. The Balaban J connectivity index is 1.54. The van der Waals surface area contributed by atoms with Gasteiger partial charge in [-0.2, -0.15) is 0 Å². The van der Waals surface area contributed by atoms with Crippen LogP contribution in [0.2, 0.25) is 0 Å². The first-order chi connectivity index (χ1) is 13.2. The van der Waals surface area contributed by atoms with Crippen molar-refractivity contribution in [1.82, 2.24) is 9.80 Å². The van der Waals surface area contributed by atoms with Crippen LogP contribution in [0.5, 0.6) is 5.75 Å². The van der Waals surface area contributed by atoms with Crippen LogP contribution in [0, 0.1) is 0 Å². The molecule has 3 rings (SSSR count). The summed E-state index contributed by atoms with van der Waals surface area (Å²) in [5.41, 5.74) is 6.47. The average molecular weight is 376 g/mol. The summed E-state index contributed by atoms with van der Waals surface area (Å²) in [6, 6.07) is 7.75. The lowest BCUT2D eigenvalue weighted by Crippen LogP contribution is -2.44. The Morgan fingerprint density at radius 1 is 1.19 bits per heavy atom. The molecule has 1 atom stereocenters. The van der Waals surface area contributed by atoms with Gasteiger partial charge in [-0.1, -0.05) is 18.6 Å². The molecule has 0 bridgehead atoms. The predicted molar refractivity (Wildman–Crippen MR) is 106 cm³/mol. The van der Waals surface area contributed by atoms with Crippen molar-refractivity contribution in [3.63, 3.8) is 0 Å². The van der Waals surface area contributed by atoms with Crippen molar-refractivity contribution in [1.29, 1.82) is 0 Å². The molecule has 0 aromatic heterocycles. The van der Waals surface area contributed by atoms with Gasteiger partial charge >= 0.3 is 0 Å². The van der Waals surface area contributed by atoms with Crippen LogP contribution in [0.15, 0.2) is 24.3 Å². The third kappa shape index (κ3) is 6.48. The SMILES string of the molecule is NCCOc1cccc(CC(=O)N2CCCO[C@H](CN3CCCCC3)C2)c1. The van der Waals surface area contributed by atoms with Crippen LogP contribution in [-0.4, -0.2) is 74.3 Å². The maximum absolute atomic E-state index is 12.9. The summed E-state index contributed by atoms with van der Waals surface area (Å²) in [6.07, 6.45) is 5.31. The molecule has 2 N–H and O–H groups in total. The Labute approximate surface area is 162 Å². The van der Waals surface area contributed by atoms with E-state index in [0.717, 1.165) is 50.5 Å². The van der Waals surface area contributed by atoms with Gasteiger partial charge in [0.15, 0.2) is 0 Å². The zero-order valence-electron chi connectivity index (χ0n) is 16.3. The van der Waals surface area contributed by atoms with Gasteiger partial charge in [-0.25, -0.2) is 0 Å². The van der Waals surface area contributed by atoms with Crippen LogP contribution < -0.4 is 10.5 Å². The van der Waals surface area contributed by atoms with Crippen LogP contribution in [0.1, 0.15) is 31.2 Å². The molecule has 2 heterocycles. The molecule has 0 aliphatic carbocycles. The van der Waals surface area contributed by atoms with E-state index >= 15 is 0 Å². The first-order valence-electron chi connectivity index (χ1n) is 10.3. The number of carbonyl (C=O) groups excluding carboxylic acids is 1. The molecule has 0 radical (unpaired) electrons. The van der Waals surface area contributed by atoms with Crippen molar-refractivity contribution in [2.45, 2.75) is 38.2 Å². The monoisotopic (exact) mass is 375 g/mol. The Morgan fingerprint density at radius 3 is 2.85 bits per heavy atom. The maximum Gasteiger partial charge on any atom is 0.227 e. The zero-order valence-corrected chi connectivity index (χ0v) is 16.3. The van der Waals surface area contributed by atoms with Crippen molar-refractivity contribution in [3.8, 4) is 5.75 Å². The number of nitrogens with zero attached hydrogens (tertiary/aromatic N) is 2. The highest BCUT2D eigenvalue weighted by atomic mass is 16.5. The lowest BCUT2D eigenvalue weighted by Gasteiger charge is -2.31. The Kier molecular flexibility index (Phi) is 7.93. The fourth-order valence-electron chi connectivity index (χ4n) is 3.87. The van der Waals surface area contributed by atoms with Gasteiger partial charge in [-0.3, -0.25) is 4.79 Å². The summed E-state index contributed by atoms with van der Waals surface area (Å²) in [5, 5.41) is 0. The van der Waals surface area contributed by atoms with Gasteiger partial charge in [-0.05, 0) is 50.0 Å². The smallest absolute Gasteiger partial charge is 0.227 e. The van der Waals surface area contributed by atoms with E-state index in [1.54, 1.807) is 0 Å². The van der Waals surface area contributed by atoms with E-state index in [0.29, 0.717) is 26.1 Å². The van der Waals surface area contributed by atoms with Crippen LogP contribution in [0.4, 0.5) is 0 Å². The molecule has 2 saturated heterocycles. The molecule has 0 unspecified atom stereocenters. The summed E-state index contributed by atoms with van der Waals surface area (Å²) in [4.78, 5) is 17.3. The number of rotatable bonds is 7. The average Bonchev–Trinajstić information content (AvgIpc) is 2.93. The number of amides is 1.